The average molecular weight is 432 g/mol. The molecule has 1 saturated carbocycles. The van der Waals surface area contributed by atoms with E-state index in [1.165, 1.54) is 6.07 Å². The second-order valence-corrected chi connectivity index (χ2v) is 9.64. The maximum absolute atomic E-state index is 13.0. The lowest BCUT2D eigenvalue weighted by atomic mass is 10.0. The molecule has 4 N–H and O–H groups in total. The van der Waals surface area contributed by atoms with E-state index in [4.69, 9.17) is 5.11 Å². The van der Waals surface area contributed by atoms with Crippen LogP contribution in [0.3, 0.4) is 0 Å². The minimum Gasteiger partial charge on any atom is -0.481 e. The minimum absolute atomic E-state index is 0.0674. The lowest BCUT2D eigenvalue weighted by Crippen LogP contribution is -2.34. The second-order valence-electron chi connectivity index (χ2n) is 7.93. The average Bonchev–Trinajstić information content (AvgIpc) is 2.97. The number of sulfonamides is 1. The Kier molecular flexibility index (Phi) is 5.66. The fourth-order valence-electron chi connectivity index (χ4n) is 4.27. The topological polar surface area (TPSA) is 132 Å². The molecule has 1 aliphatic carbocycles. The number of benzene rings is 1. The van der Waals surface area contributed by atoms with E-state index in [0.29, 0.717) is 27.4 Å². The molecule has 0 saturated heterocycles. The molecule has 3 aromatic rings. The van der Waals surface area contributed by atoms with E-state index < -0.39 is 16.0 Å². The van der Waals surface area contributed by atoms with Crippen molar-refractivity contribution in [1.29, 1.82) is 0 Å². The van der Waals surface area contributed by atoms with E-state index in [-0.39, 0.29) is 29.3 Å². The summed E-state index contributed by atoms with van der Waals surface area (Å²) in [5, 5.41) is 10.2. The molecule has 1 fully saturated rings. The lowest BCUT2D eigenvalue weighted by molar-refractivity contribution is -0.136. The van der Waals surface area contributed by atoms with Crippen LogP contribution in [0.15, 0.2) is 34.1 Å². The summed E-state index contributed by atoms with van der Waals surface area (Å²) < 4.78 is 28.9. The summed E-state index contributed by atoms with van der Waals surface area (Å²) in [6, 6.07) is 4.57. The molecular formula is C21H25N3O5S. The van der Waals surface area contributed by atoms with E-state index in [1.807, 2.05) is 0 Å². The number of aryl methyl sites for hydroxylation is 1. The molecule has 0 amide bonds. The summed E-state index contributed by atoms with van der Waals surface area (Å²) in [6.07, 6.45) is 7.74. The van der Waals surface area contributed by atoms with E-state index in [9.17, 15) is 18.0 Å². The number of hydrogen-bond acceptors (Lipinski definition) is 4. The fraction of sp³-hybridized carbons (Fsp3) is 0.429. The molecule has 4 rings (SSSR count). The predicted octanol–water partition coefficient (Wildman–Crippen LogP) is 3.03. The Labute approximate surface area is 173 Å². The number of hydrogen-bond donors (Lipinski definition) is 4. The van der Waals surface area contributed by atoms with Crippen molar-refractivity contribution in [2.45, 2.75) is 62.3 Å². The minimum atomic E-state index is -3.71. The highest BCUT2D eigenvalue weighted by Gasteiger charge is 2.22. The predicted molar refractivity (Wildman–Crippen MR) is 114 cm³/mol. The van der Waals surface area contributed by atoms with Crippen molar-refractivity contribution >= 4 is 37.8 Å². The van der Waals surface area contributed by atoms with Crippen LogP contribution in [0.2, 0.25) is 0 Å². The molecule has 2 heterocycles. The largest absolute Gasteiger partial charge is 0.481 e. The van der Waals surface area contributed by atoms with E-state index in [0.717, 1.165) is 38.5 Å². The molecule has 9 heteroatoms. The molecule has 0 bridgehead atoms. The summed E-state index contributed by atoms with van der Waals surface area (Å²) >= 11 is 0. The third kappa shape index (κ3) is 4.13. The number of aromatic amines is 2. The van der Waals surface area contributed by atoms with Crippen LogP contribution < -0.4 is 10.3 Å². The van der Waals surface area contributed by atoms with Crippen LogP contribution in [-0.2, 0) is 21.2 Å². The Morgan fingerprint density at radius 3 is 2.60 bits per heavy atom. The number of aliphatic carboxylic acids is 1. The van der Waals surface area contributed by atoms with Crippen molar-refractivity contribution in [3.8, 4) is 0 Å². The zero-order valence-corrected chi connectivity index (χ0v) is 17.3. The first kappa shape index (κ1) is 20.6. The van der Waals surface area contributed by atoms with Crippen molar-refractivity contribution in [1.82, 2.24) is 14.7 Å². The summed E-state index contributed by atoms with van der Waals surface area (Å²) in [5.74, 6) is -0.936. The Hall–Kier alpha value is -2.65. The third-order valence-electron chi connectivity index (χ3n) is 5.79. The van der Waals surface area contributed by atoms with Crippen molar-refractivity contribution in [3.05, 3.63) is 40.3 Å². The first-order chi connectivity index (χ1) is 14.3. The zero-order valence-electron chi connectivity index (χ0n) is 16.5. The lowest BCUT2D eigenvalue weighted by Gasteiger charge is -2.16. The van der Waals surface area contributed by atoms with Gasteiger partial charge < -0.3 is 15.1 Å². The van der Waals surface area contributed by atoms with Gasteiger partial charge in [-0.3, -0.25) is 9.59 Å². The van der Waals surface area contributed by atoms with Crippen LogP contribution in [0.5, 0.6) is 0 Å². The van der Waals surface area contributed by atoms with E-state index >= 15 is 0 Å². The molecule has 1 aliphatic rings. The molecule has 1 aromatic carbocycles. The molecule has 8 nitrogen and oxygen atoms in total. The number of aromatic nitrogens is 2. The number of carbonyl (C=O) groups is 1. The van der Waals surface area contributed by atoms with E-state index in [2.05, 4.69) is 14.7 Å². The van der Waals surface area contributed by atoms with E-state index in [1.54, 1.807) is 18.3 Å². The van der Waals surface area contributed by atoms with Gasteiger partial charge in [-0.05, 0) is 43.0 Å². The monoisotopic (exact) mass is 431 g/mol. The fourth-order valence-corrected chi connectivity index (χ4v) is 5.60. The number of fused-ring (bicyclic) bond motifs is 3. The molecule has 2 aromatic heterocycles. The van der Waals surface area contributed by atoms with Crippen molar-refractivity contribution in [3.63, 3.8) is 0 Å². The standard InChI is InChI=1S/C21H25N3O5S/c25-18(26)10-7-13-12-22-20-19(13)16-11-15(8-9-17(16)23-21(20)27)30(28,29)24-14-5-3-1-2-4-6-14/h8-9,11-12,14,22,24H,1-7,10H2,(H,23,27)(H,25,26). The summed E-state index contributed by atoms with van der Waals surface area (Å²) in [6.45, 7) is 0. The molecular weight excluding hydrogens is 406 g/mol. The zero-order chi connectivity index (χ0) is 21.3. The van der Waals surface area contributed by atoms with Crippen molar-refractivity contribution < 1.29 is 18.3 Å². The molecule has 0 unspecified atom stereocenters. The molecule has 30 heavy (non-hydrogen) atoms. The van der Waals surface area contributed by atoms with Gasteiger partial charge in [-0.25, -0.2) is 13.1 Å². The Balaban J connectivity index is 1.77. The maximum Gasteiger partial charge on any atom is 0.303 e. The van der Waals surface area contributed by atoms with Crippen molar-refractivity contribution in [2.24, 2.45) is 0 Å². The summed E-state index contributed by atoms with van der Waals surface area (Å²) in [7, 11) is -3.71. The van der Waals surface area contributed by atoms with Gasteiger partial charge >= 0.3 is 5.97 Å². The van der Waals surface area contributed by atoms with Crippen molar-refractivity contribution in [2.75, 3.05) is 0 Å². The van der Waals surface area contributed by atoms with Crippen LogP contribution in [0.4, 0.5) is 0 Å². The molecule has 0 radical (unpaired) electrons. The SMILES string of the molecule is O=C(O)CCc1c[nH]c2c(=O)[nH]c3ccc(S(=O)(=O)NC4CCCCCC4)cc3c12. The maximum atomic E-state index is 13.0. The smallest absolute Gasteiger partial charge is 0.303 e. The number of H-pyrrole nitrogens is 2. The molecule has 0 atom stereocenters. The molecule has 0 aliphatic heterocycles. The highest BCUT2D eigenvalue weighted by molar-refractivity contribution is 7.89. The van der Waals surface area contributed by atoms with Gasteiger partial charge in [0.2, 0.25) is 10.0 Å². The highest BCUT2D eigenvalue weighted by atomic mass is 32.2. The molecule has 0 spiro atoms. The first-order valence-electron chi connectivity index (χ1n) is 10.3. The summed E-state index contributed by atoms with van der Waals surface area (Å²) in [5.41, 5.74) is 1.17. The number of pyridine rings is 1. The molecule has 160 valence electrons. The van der Waals surface area contributed by atoms with Crippen LogP contribution in [-0.4, -0.2) is 35.5 Å². The van der Waals surface area contributed by atoms with Gasteiger partial charge in [-0.1, -0.05) is 25.7 Å². The van der Waals surface area contributed by atoms with Gasteiger partial charge in [-0.2, -0.15) is 0 Å². The Bertz CT molecular complexity index is 1250. The van der Waals surface area contributed by atoms with Gasteiger partial charge in [0.05, 0.1) is 4.90 Å². The third-order valence-corrected chi connectivity index (χ3v) is 7.31. The number of nitrogens with one attached hydrogen (secondary N) is 3. The quantitative estimate of drug-likeness (QED) is 0.445. The van der Waals surface area contributed by atoms with Crippen LogP contribution in [0.25, 0.3) is 21.8 Å². The summed E-state index contributed by atoms with van der Waals surface area (Å²) in [4.78, 5) is 29.2. The van der Waals surface area contributed by atoms with Gasteiger partial charge in [0.25, 0.3) is 5.56 Å². The Morgan fingerprint density at radius 1 is 1.17 bits per heavy atom. The van der Waals surface area contributed by atoms with Crippen LogP contribution >= 0.6 is 0 Å². The van der Waals surface area contributed by atoms with Crippen LogP contribution in [0.1, 0.15) is 50.5 Å². The normalized spacial score (nSPS) is 16.1. The first-order valence-corrected chi connectivity index (χ1v) is 11.7. The number of carboxylic acids is 1. The van der Waals surface area contributed by atoms with Gasteiger partial charge in [0.15, 0.2) is 0 Å². The second kappa shape index (κ2) is 8.23. The number of rotatable bonds is 6. The van der Waals surface area contributed by atoms with Gasteiger partial charge in [-0.15, -0.1) is 0 Å². The van der Waals surface area contributed by atoms with Crippen LogP contribution in [0, 0.1) is 0 Å². The highest BCUT2D eigenvalue weighted by Crippen LogP contribution is 2.28. The number of carboxylic acid groups (broad SMARTS) is 1. The van der Waals surface area contributed by atoms with Gasteiger partial charge in [0, 0.05) is 34.9 Å². The van der Waals surface area contributed by atoms with Gasteiger partial charge in [0.1, 0.15) is 5.52 Å². The Morgan fingerprint density at radius 2 is 1.90 bits per heavy atom.